The van der Waals surface area contributed by atoms with Crippen molar-refractivity contribution in [2.75, 3.05) is 32.8 Å². The topological polar surface area (TPSA) is 24.5 Å². The third-order valence-corrected chi connectivity index (χ3v) is 4.40. The molecule has 0 amide bonds. The molecule has 124 valence electrons. The number of ether oxygens (including phenoxy) is 1. The Hall–Kier alpha value is -0.330. The van der Waals surface area contributed by atoms with E-state index in [0.29, 0.717) is 19.2 Å². The van der Waals surface area contributed by atoms with Gasteiger partial charge in [-0.2, -0.15) is 13.2 Å². The summed E-state index contributed by atoms with van der Waals surface area (Å²) >= 11 is 0. The van der Waals surface area contributed by atoms with Gasteiger partial charge in [0.05, 0.1) is 13.2 Å². The average Bonchev–Trinajstić information content (AvgIpc) is 3.19. The van der Waals surface area contributed by atoms with E-state index in [9.17, 15) is 13.2 Å². The van der Waals surface area contributed by atoms with Gasteiger partial charge in [-0.3, -0.25) is 4.90 Å². The van der Waals surface area contributed by atoms with E-state index in [4.69, 9.17) is 4.74 Å². The Morgan fingerprint density at radius 3 is 2.52 bits per heavy atom. The molecule has 1 saturated heterocycles. The lowest BCUT2D eigenvalue weighted by Crippen LogP contribution is -2.52. The van der Waals surface area contributed by atoms with Crippen LogP contribution in [-0.4, -0.2) is 56.0 Å². The number of halogens is 3. The van der Waals surface area contributed by atoms with Crippen LogP contribution in [0.1, 0.15) is 39.5 Å². The maximum Gasteiger partial charge on any atom is 0.401 e. The van der Waals surface area contributed by atoms with E-state index in [1.54, 1.807) is 4.90 Å². The molecule has 1 heterocycles. The first-order valence-electron chi connectivity index (χ1n) is 7.92. The number of nitrogens with zero attached hydrogens (tertiary/aromatic N) is 1. The highest BCUT2D eigenvalue weighted by atomic mass is 19.4. The zero-order valence-electron chi connectivity index (χ0n) is 13.0. The molecule has 1 atom stereocenters. The second kappa shape index (κ2) is 6.84. The molecule has 1 aliphatic carbocycles. The molecule has 0 aromatic rings. The Labute approximate surface area is 125 Å². The number of alkyl halides is 3. The van der Waals surface area contributed by atoms with Crippen LogP contribution in [0.2, 0.25) is 0 Å². The Morgan fingerprint density at radius 2 is 2.05 bits per heavy atom. The minimum Gasteiger partial charge on any atom is -0.381 e. The van der Waals surface area contributed by atoms with Crippen LogP contribution < -0.4 is 5.32 Å². The van der Waals surface area contributed by atoms with E-state index in [2.05, 4.69) is 5.32 Å². The predicted octanol–water partition coefficient (Wildman–Crippen LogP) is 2.81. The fourth-order valence-corrected chi connectivity index (χ4v) is 2.96. The number of nitrogens with one attached hydrogen (secondary N) is 1. The smallest absolute Gasteiger partial charge is 0.381 e. The average molecular weight is 308 g/mol. The van der Waals surface area contributed by atoms with Gasteiger partial charge in [0.25, 0.3) is 0 Å². The quantitative estimate of drug-likeness (QED) is 0.783. The minimum atomic E-state index is -4.15. The SMILES string of the molecule is CC(C)N(CC(F)(F)F)CC1(CNC2CC2)CCCOC1. The zero-order valence-corrected chi connectivity index (χ0v) is 13.0. The van der Waals surface area contributed by atoms with Crippen LogP contribution in [0.3, 0.4) is 0 Å². The van der Waals surface area contributed by atoms with E-state index in [1.165, 1.54) is 12.8 Å². The first kappa shape index (κ1) is 17.0. The molecule has 0 radical (unpaired) electrons. The summed E-state index contributed by atoms with van der Waals surface area (Å²) in [6.07, 6.45) is 0.101. The predicted molar refractivity (Wildman–Crippen MR) is 76.3 cm³/mol. The molecule has 6 heteroatoms. The number of rotatable bonds is 7. The van der Waals surface area contributed by atoms with Crippen molar-refractivity contribution in [2.24, 2.45) is 5.41 Å². The van der Waals surface area contributed by atoms with Crippen LogP contribution >= 0.6 is 0 Å². The van der Waals surface area contributed by atoms with Crippen molar-refractivity contribution in [3.05, 3.63) is 0 Å². The first-order chi connectivity index (χ1) is 9.80. The maximum atomic E-state index is 12.8. The third kappa shape index (κ3) is 5.75. The van der Waals surface area contributed by atoms with E-state index < -0.39 is 12.7 Å². The van der Waals surface area contributed by atoms with Crippen molar-refractivity contribution in [3.63, 3.8) is 0 Å². The van der Waals surface area contributed by atoms with Crippen molar-refractivity contribution < 1.29 is 17.9 Å². The molecule has 2 fully saturated rings. The number of hydrogen-bond acceptors (Lipinski definition) is 3. The van der Waals surface area contributed by atoms with Gasteiger partial charge >= 0.3 is 6.18 Å². The molecular weight excluding hydrogens is 281 g/mol. The Bertz CT molecular complexity index is 323. The van der Waals surface area contributed by atoms with Crippen molar-refractivity contribution in [1.82, 2.24) is 10.2 Å². The van der Waals surface area contributed by atoms with Gasteiger partial charge in [0, 0.05) is 37.2 Å². The summed E-state index contributed by atoms with van der Waals surface area (Å²) in [6, 6.07) is 0.449. The van der Waals surface area contributed by atoms with Crippen molar-refractivity contribution in [3.8, 4) is 0 Å². The van der Waals surface area contributed by atoms with Crippen LogP contribution in [0.15, 0.2) is 0 Å². The summed E-state index contributed by atoms with van der Waals surface area (Å²) in [5.41, 5.74) is -0.184. The highest BCUT2D eigenvalue weighted by molar-refractivity contribution is 4.92. The standard InChI is InChI=1S/C15H27F3N2O/c1-12(2)20(10-15(16,17)18)9-14(6-3-7-21-11-14)8-19-13-4-5-13/h12-13,19H,3-11H2,1-2H3. The summed E-state index contributed by atoms with van der Waals surface area (Å²) in [6.45, 7) is 5.33. The second-order valence-electron chi connectivity index (χ2n) is 6.93. The van der Waals surface area contributed by atoms with Crippen LogP contribution in [0, 0.1) is 5.41 Å². The fourth-order valence-electron chi connectivity index (χ4n) is 2.96. The molecule has 1 aliphatic heterocycles. The van der Waals surface area contributed by atoms with Gasteiger partial charge in [0.1, 0.15) is 0 Å². The minimum absolute atomic E-state index is 0.119. The van der Waals surface area contributed by atoms with Gasteiger partial charge in [-0.1, -0.05) is 0 Å². The fraction of sp³-hybridized carbons (Fsp3) is 1.00. The summed E-state index contributed by atoms with van der Waals surface area (Å²) in [5, 5.41) is 3.49. The van der Waals surface area contributed by atoms with Crippen LogP contribution in [0.4, 0.5) is 13.2 Å². The Morgan fingerprint density at radius 1 is 1.33 bits per heavy atom. The lowest BCUT2D eigenvalue weighted by atomic mass is 9.81. The molecule has 1 saturated carbocycles. The monoisotopic (exact) mass is 308 g/mol. The molecule has 0 aromatic carbocycles. The van der Waals surface area contributed by atoms with E-state index >= 15 is 0 Å². The molecule has 1 unspecified atom stereocenters. The van der Waals surface area contributed by atoms with Gasteiger partial charge in [0.2, 0.25) is 0 Å². The van der Waals surface area contributed by atoms with Crippen LogP contribution in [0.5, 0.6) is 0 Å². The molecule has 0 aromatic heterocycles. The molecule has 2 rings (SSSR count). The highest BCUT2D eigenvalue weighted by Crippen LogP contribution is 2.32. The zero-order chi connectivity index (χ0) is 15.5. The summed E-state index contributed by atoms with van der Waals surface area (Å²) in [4.78, 5) is 1.54. The molecular formula is C15H27F3N2O. The highest BCUT2D eigenvalue weighted by Gasteiger charge is 2.40. The van der Waals surface area contributed by atoms with Gasteiger partial charge < -0.3 is 10.1 Å². The molecule has 2 aliphatic rings. The van der Waals surface area contributed by atoms with Gasteiger partial charge in [-0.25, -0.2) is 0 Å². The Balaban J connectivity index is 1.99. The van der Waals surface area contributed by atoms with Crippen molar-refractivity contribution >= 4 is 0 Å². The number of hydrogen-bond donors (Lipinski definition) is 1. The van der Waals surface area contributed by atoms with Crippen molar-refractivity contribution in [1.29, 1.82) is 0 Å². The molecule has 21 heavy (non-hydrogen) atoms. The lowest BCUT2D eigenvalue weighted by Gasteiger charge is -2.42. The van der Waals surface area contributed by atoms with Gasteiger partial charge in [-0.05, 0) is 39.5 Å². The maximum absolute atomic E-state index is 12.8. The summed E-state index contributed by atoms with van der Waals surface area (Å²) in [5.74, 6) is 0. The second-order valence-corrected chi connectivity index (χ2v) is 6.93. The van der Waals surface area contributed by atoms with E-state index in [1.807, 2.05) is 13.8 Å². The normalized spacial score (nSPS) is 27.6. The molecule has 0 spiro atoms. The van der Waals surface area contributed by atoms with Crippen LogP contribution in [-0.2, 0) is 4.74 Å². The van der Waals surface area contributed by atoms with E-state index in [0.717, 1.165) is 26.0 Å². The Kier molecular flexibility index (Phi) is 5.54. The van der Waals surface area contributed by atoms with Crippen molar-refractivity contribution in [2.45, 2.75) is 57.8 Å². The first-order valence-corrected chi connectivity index (χ1v) is 7.92. The van der Waals surface area contributed by atoms with Gasteiger partial charge in [-0.15, -0.1) is 0 Å². The largest absolute Gasteiger partial charge is 0.401 e. The summed E-state index contributed by atoms with van der Waals surface area (Å²) < 4.78 is 43.9. The molecule has 1 N–H and O–H groups in total. The summed E-state index contributed by atoms with van der Waals surface area (Å²) in [7, 11) is 0. The third-order valence-electron chi connectivity index (χ3n) is 4.40. The molecule has 3 nitrogen and oxygen atoms in total. The van der Waals surface area contributed by atoms with E-state index in [-0.39, 0.29) is 11.5 Å². The van der Waals surface area contributed by atoms with Crippen LogP contribution in [0.25, 0.3) is 0 Å². The van der Waals surface area contributed by atoms with Gasteiger partial charge in [0.15, 0.2) is 0 Å². The lowest BCUT2D eigenvalue weighted by molar-refractivity contribution is -0.156. The molecule has 0 bridgehead atoms.